The number of aliphatic hydroxyl groups excluding tert-OH is 2. The van der Waals surface area contributed by atoms with Gasteiger partial charge in [0, 0.05) is 30.4 Å². The molecule has 1 aromatic carbocycles. The zero-order valence-corrected chi connectivity index (χ0v) is 10.0. The van der Waals surface area contributed by atoms with Crippen LogP contribution in [-0.2, 0) is 0 Å². The van der Waals surface area contributed by atoms with Gasteiger partial charge in [0.1, 0.15) is 5.75 Å². The summed E-state index contributed by atoms with van der Waals surface area (Å²) in [4.78, 5) is 13.5. The zero-order valence-electron chi connectivity index (χ0n) is 10.0. The summed E-state index contributed by atoms with van der Waals surface area (Å²) >= 11 is 0. The number of ether oxygens (including phenoxy) is 1. The molecule has 0 unspecified atom stereocenters. The molecular weight excluding hydrogens is 236 g/mol. The number of aliphatic hydroxyl groups is 2. The third kappa shape index (κ3) is 2.39. The van der Waals surface area contributed by atoms with Crippen LogP contribution in [0.25, 0.3) is 0 Å². The number of nitrogens with two attached hydrogens (primary N) is 1. The van der Waals surface area contributed by atoms with E-state index in [2.05, 4.69) is 0 Å². The van der Waals surface area contributed by atoms with Crippen molar-refractivity contribution in [2.24, 2.45) is 0 Å². The van der Waals surface area contributed by atoms with Gasteiger partial charge in [-0.05, 0) is 12.1 Å². The Balaban J connectivity index is 2.21. The first-order valence-electron chi connectivity index (χ1n) is 5.61. The number of rotatable bonds is 2. The number of hydrogen-bond acceptors (Lipinski definition) is 5. The van der Waals surface area contributed by atoms with Crippen LogP contribution in [0.5, 0.6) is 5.75 Å². The van der Waals surface area contributed by atoms with Crippen molar-refractivity contribution in [3.05, 3.63) is 23.8 Å². The molecule has 4 N–H and O–H groups in total. The van der Waals surface area contributed by atoms with Crippen molar-refractivity contribution in [1.29, 1.82) is 0 Å². The molecule has 2 rings (SSSR count). The van der Waals surface area contributed by atoms with Crippen molar-refractivity contribution in [3.8, 4) is 5.75 Å². The molecule has 1 saturated heterocycles. The molecule has 1 heterocycles. The van der Waals surface area contributed by atoms with E-state index in [1.165, 1.54) is 12.0 Å². The molecule has 0 aliphatic carbocycles. The summed E-state index contributed by atoms with van der Waals surface area (Å²) in [5, 5.41) is 18.9. The number of β-amino-alcohol motifs (C(OH)–C–C–N with tert-alkyl or cyclic N) is 2. The second-order valence-corrected chi connectivity index (χ2v) is 4.34. The Bertz CT molecular complexity index is 453. The predicted molar refractivity (Wildman–Crippen MR) is 65.3 cm³/mol. The Morgan fingerprint density at radius 2 is 1.94 bits per heavy atom. The Labute approximate surface area is 105 Å². The largest absolute Gasteiger partial charge is 0.497 e. The van der Waals surface area contributed by atoms with E-state index in [9.17, 15) is 15.0 Å². The molecular formula is C12H16N2O4. The topological polar surface area (TPSA) is 96.0 Å². The summed E-state index contributed by atoms with van der Waals surface area (Å²) < 4.78 is 5.04. The number of carbonyl (C=O) groups excluding carboxylic acids is 1. The smallest absolute Gasteiger partial charge is 0.254 e. The number of nitrogen functional groups attached to an aromatic ring is 1. The van der Waals surface area contributed by atoms with Crippen LogP contribution >= 0.6 is 0 Å². The first-order chi connectivity index (χ1) is 8.51. The number of anilines is 1. The zero-order chi connectivity index (χ0) is 13.3. The number of nitrogens with zero attached hydrogens (tertiary/aromatic N) is 1. The molecule has 1 amide bonds. The van der Waals surface area contributed by atoms with Gasteiger partial charge in [-0.15, -0.1) is 0 Å². The van der Waals surface area contributed by atoms with Crippen molar-refractivity contribution in [1.82, 2.24) is 4.90 Å². The second kappa shape index (κ2) is 4.83. The quantitative estimate of drug-likeness (QED) is 0.614. The van der Waals surface area contributed by atoms with Crippen LogP contribution in [0.1, 0.15) is 10.4 Å². The average molecular weight is 252 g/mol. The van der Waals surface area contributed by atoms with Crippen LogP contribution in [0.4, 0.5) is 5.69 Å². The molecule has 6 nitrogen and oxygen atoms in total. The summed E-state index contributed by atoms with van der Waals surface area (Å²) in [5.41, 5.74) is 6.49. The SMILES string of the molecule is COc1cc(N)cc(C(=O)N2C[C@@H](O)[C@@H](O)C2)c1. The van der Waals surface area contributed by atoms with E-state index >= 15 is 0 Å². The fourth-order valence-corrected chi connectivity index (χ4v) is 1.98. The lowest BCUT2D eigenvalue weighted by Gasteiger charge is -2.16. The fourth-order valence-electron chi connectivity index (χ4n) is 1.98. The minimum atomic E-state index is -0.892. The molecule has 0 bridgehead atoms. The van der Waals surface area contributed by atoms with Crippen LogP contribution in [0.15, 0.2) is 18.2 Å². The first-order valence-corrected chi connectivity index (χ1v) is 5.61. The highest BCUT2D eigenvalue weighted by atomic mass is 16.5. The van der Waals surface area contributed by atoms with Gasteiger partial charge >= 0.3 is 0 Å². The van der Waals surface area contributed by atoms with Crippen LogP contribution in [0.2, 0.25) is 0 Å². The molecule has 1 aliphatic rings. The van der Waals surface area contributed by atoms with E-state index in [0.717, 1.165) is 0 Å². The van der Waals surface area contributed by atoms with Gasteiger partial charge in [0.05, 0.1) is 19.3 Å². The highest BCUT2D eigenvalue weighted by molar-refractivity contribution is 5.95. The van der Waals surface area contributed by atoms with Gasteiger partial charge in [-0.1, -0.05) is 0 Å². The van der Waals surface area contributed by atoms with E-state index in [1.807, 2.05) is 0 Å². The van der Waals surface area contributed by atoms with Gasteiger partial charge in [-0.25, -0.2) is 0 Å². The molecule has 0 aromatic heterocycles. The standard InChI is InChI=1S/C12H16N2O4/c1-18-9-3-7(2-8(13)4-9)12(17)14-5-10(15)11(16)6-14/h2-4,10-11,15-16H,5-6,13H2,1H3/t10-,11+. The summed E-state index contributed by atoms with van der Waals surface area (Å²) in [6.07, 6.45) is -1.78. The Morgan fingerprint density at radius 3 is 2.50 bits per heavy atom. The van der Waals surface area contributed by atoms with E-state index in [1.54, 1.807) is 18.2 Å². The number of likely N-dealkylation sites (tertiary alicyclic amines) is 1. The van der Waals surface area contributed by atoms with Crippen molar-refractivity contribution >= 4 is 11.6 Å². The molecule has 18 heavy (non-hydrogen) atoms. The van der Waals surface area contributed by atoms with E-state index in [0.29, 0.717) is 17.0 Å². The van der Waals surface area contributed by atoms with Gasteiger partial charge in [-0.3, -0.25) is 4.79 Å². The molecule has 0 spiro atoms. The van der Waals surface area contributed by atoms with Crippen molar-refractivity contribution < 1.29 is 19.7 Å². The van der Waals surface area contributed by atoms with Gasteiger partial charge in [0.15, 0.2) is 0 Å². The molecule has 1 fully saturated rings. The van der Waals surface area contributed by atoms with Crippen molar-refractivity contribution in [2.45, 2.75) is 12.2 Å². The molecule has 0 saturated carbocycles. The minimum Gasteiger partial charge on any atom is -0.497 e. The second-order valence-electron chi connectivity index (χ2n) is 4.34. The van der Waals surface area contributed by atoms with Crippen molar-refractivity contribution in [3.63, 3.8) is 0 Å². The van der Waals surface area contributed by atoms with Gasteiger partial charge in [0.2, 0.25) is 0 Å². The lowest BCUT2D eigenvalue weighted by molar-refractivity contribution is 0.0572. The number of hydrogen-bond donors (Lipinski definition) is 3. The molecule has 1 aromatic rings. The monoisotopic (exact) mass is 252 g/mol. The molecule has 0 radical (unpaired) electrons. The predicted octanol–water partition coefficient (Wildman–Crippen LogP) is -0.545. The lowest BCUT2D eigenvalue weighted by Crippen LogP contribution is -2.29. The maximum absolute atomic E-state index is 12.2. The third-order valence-corrected chi connectivity index (χ3v) is 2.96. The number of methoxy groups -OCH3 is 1. The van der Waals surface area contributed by atoms with Crippen molar-refractivity contribution in [2.75, 3.05) is 25.9 Å². The molecule has 2 atom stereocenters. The van der Waals surface area contributed by atoms with E-state index in [-0.39, 0.29) is 19.0 Å². The Hall–Kier alpha value is -1.79. The molecule has 6 heteroatoms. The highest BCUT2D eigenvalue weighted by Gasteiger charge is 2.33. The number of carbonyl (C=O) groups is 1. The fraction of sp³-hybridized carbons (Fsp3) is 0.417. The summed E-state index contributed by atoms with van der Waals surface area (Å²) in [5.74, 6) is 0.217. The number of amides is 1. The lowest BCUT2D eigenvalue weighted by atomic mass is 10.1. The van der Waals surface area contributed by atoms with E-state index < -0.39 is 12.2 Å². The van der Waals surface area contributed by atoms with E-state index in [4.69, 9.17) is 10.5 Å². The van der Waals surface area contributed by atoms with Crippen LogP contribution in [0.3, 0.4) is 0 Å². The first kappa shape index (κ1) is 12.7. The summed E-state index contributed by atoms with van der Waals surface area (Å²) in [6, 6.07) is 4.74. The Morgan fingerprint density at radius 1 is 1.33 bits per heavy atom. The maximum atomic E-state index is 12.2. The Kier molecular flexibility index (Phi) is 3.40. The summed E-state index contributed by atoms with van der Waals surface area (Å²) in [6.45, 7) is 0.244. The molecule has 98 valence electrons. The third-order valence-electron chi connectivity index (χ3n) is 2.96. The minimum absolute atomic E-state index is 0.122. The van der Waals surface area contributed by atoms with Crippen LogP contribution in [-0.4, -0.2) is 53.4 Å². The van der Waals surface area contributed by atoms with Crippen LogP contribution in [0, 0.1) is 0 Å². The van der Waals surface area contributed by atoms with Gasteiger partial charge < -0.3 is 25.6 Å². The van der Waals surface area contributed by atoms with Gasteiger partial charge in [0.25, 0.3) is 5.91 Å². The number of benzene rings is 1. The maximum Gasteiger partial charge on any atom is 0.254 e. The normalized spacial score (nSPS) is 23.2. The average Bonchev–Trinajstić information content (AvgIpc) is 2.68. The molecule has 1 aliphatic heterocycles. The highest BCUT2D eigenvalue weighted by Crippen LogP contribution is 2.21. The van der Waals surface area contributed by atoms with Gasteiger partial charge in [-0.2, -0.15) is 0 Å². The summed E-state index contributed by atoms with van der Waals surface area (Å²) in [7, 11) is 1.49. The van der Waals surface area contributed by atoms with Crippen LogP contribution < -0.4 is 10.5 Å².